The van der Waals surface area contributed by atoms with Crippen molar-refractivity contribution in [1.29, 1.82) is 0 Å². The van der Waals surface area contributed by atoms with Crippen LogP contribution in [0.2, 0.25) is 0 Å². The quantitative estimate of drug-likeness (QED) is 0.867. The van der Waals surface area contributed by atoms with Crippen molar-refractivity contribution >= 4 is 15.9 Å². The van der Waals surface area contributed by atoms with Gasteiger partial charge in [0.1, 0.15) is 6.10 Å². The van der Waals surface area contributed by atoms with E-state index in [1.54, 1.807) is 7.11 Å². The molecule has 1 aliphatic heterocycles. The molecular weight excluding hydrogens is 286 g/mol. The van der Waals surface area contributed by atoms with E-state index in [9.17, 15) is 0 Å². The fraction of sp³-hybridized carbons (Fsp3) is 0.500. The average Bonchev–Trinajstić information content (AvgIpc) is 2.71. The summed E-state index contributed by atoms with van der Waals surface area (Å²) < 4.78 is 12.2. The largest absolute Gasteiger partial charge is 0.493 e. The van der Waals surface area contributed by atoms with Gasteiger partial charge in [-0.05, 0) is 25.0 Å². The first-order valence-electron chi connectivity index (χ1n) is 5.54. The van der Waals surface area contributed by atoms with Gasteiger partial charge < -0.3 is 14.3 Å². The summed E-state index contributed by atoms with van der Waals surface area (Å²) in [4.78, 5) is 4.62. The smallest absolute Gasteiger partial charge is 0.166 e. The molecule has 17 heavy (non-hydrogen) atoms. The van der Waals surface area contributed by atoms with Crippen LogP contribution in [0.1, 0.15) is 18.1 Å². The minimum absolute atomic E-state index is 0.191. The van der Waals surface area contributed by atoms with Crippen LogP contribution >= 0.6 is 15.9 Å². The van der Waals surface area contributed by atoms with Crippen molar-refractivity contribution in [3.63, 3.8) is 0 Å². The Morgan fingerprint density at radius 1 is 1.59 bits per heavy atom. The Bertz CT molecular complexity index is 423. The lowest BCUT2D eigenvalue weighted by Crippen LogP contribution is -2.05. The highest BCUT2D eigenvalue weighted by Crippen LogP contribution is 2.44. The van der Waals surface area contributed by atoms with Crippen LogP contribution in [0.3, 0.4) is 0 Å². The Kier molecular flexibility index (Phi) is 3.91. The molecule has 4 nitrogen and oxygen atoms in total. The molecule has 0 amide bonds. The van der Waals surface area contributed by atoms with Gasteiger partial charge in [-0.15, -0.1) is 0 Å². The van der Waals surface area contributed by atoms with E-state index in [1.807, 2.05) is 6.07 Å². The summed E-state index contributed by atoms with van der Waals surface area (Å²) in [6.07, 6.45) is 1.83. The normalized spacial score (nSPS) is 17.8. The van der Waals surface area contributed by atoms with E-state index in [4.69, 9.17) is 15.4 Å². The lowest BCUT2D eigenvalue weighted by molar-refractivity contribution is 0.141. The molecular formula is C12H16BrNO3. The Labute approximate surface area is 109 Å². The summed E-state index contributed by atoms with van der Waals surface area (Å²) in [5.74, 6) is 6.69. The number of methoxy groups -OCH3 is 1. The average molecular weight is 302 g/mol. The molecule has 1 aromatic carbocycles. The van der Waals surface area contributed by atoms with Crippen LogP contribution in [0.15, 0.2) is 10.5 Å². The van der Waals surface area contributed by atoms with Crippen molar-refractivity contribution in [2.75, 3.05) is 13.7 Å². The maximum atomic E-state index is 5.76. The Hall–Kier alpha value is -0.780. The molecule has 5 heteroatoms. The molecule has 2 N–H and O–H groups in total. The van der Waals surface area contributed by atoms with Gasteiger partial charge in [-0.1, -0.05) is 15.9 Å². The third-order valence-electron chi connectivity index (χ3n) is 2.87. The number of rotatable bonds is 4. The third-order valence-corrected chi connectivity index (χ3v) is 3.86. The monoisotopic (exact) mass is 301 g/mol. The van der Waals surface area contributed by atoms with Gasteiger partial charge in [-0.2, -0.15) is 0 Å². The summed E-state index contributed by atoms with van der Waals surface area (Å²) in [6, 6.07) is 1.97. The van der Waals surface area contributed by atoms with Gasteiger partial charge in [-0.25, -0.2) is 5.90 Å². The van der Waals surface area contributed by atoms with Crippen LogP contribution < -0.4 is 15.4 Å². The number of nitrogens with two attached hydrogens (primary N) is 1. The lowest BCUT2D eigenvalue weighted by atomic mass is 10.0. The molecule has 0 fully saturated rings. The molecule has 0 aliphatic carbocycles. The van der Waals surface area contributed by atoms with E-state index in [1.165, 1.54) is 5.56 Å². The maximum absolute atomic E-state index is 5.76. The first-order chi connectivity index (χ1) is 8.17. The third kappa shape index (κ3) is 2.41. The van der Waals surface area contributed by atoms with Crippen molar-refractivity contribution in [2.24, 2.45) is 5.90 Å². The number of halogens is 1. The number of ether oxygens (including phenoxy) is 2. The zero-order chi connectivity index (χ0) is 12.4. The SMILES string of the molecule is COc1cc(CCON)c(Br)c2c1OC(C)C2. The predicted octanol–water partition coefficient (Wildman–Crippen LogP) is 2.21. The van der Waals surface area contributed by atoms with Gasteiger partial charge in [-0.3, -0.25) is 0 Å². The zero-order valence-electron chi connectivity index (χ0n) is 9.96. The number of hydrogen-bond donors (Lipinski definition) is 1. The van der Waals surface area contributed by atoms with E-state index >= 15 is 0 Å². The minimum atomic E-state index is 0.191. The molecule has 0 bridgehead atoms. The molecule has 0 aromatic heterocycles. The highest BCUT2D eigenvalue weighted by molar-refractivity contribution is 9.10. The van der Waals surface area contributed by atoms with Gasteiger partial charge in [0.25, 0.3) is 0 Å². The second kappa shape index (κ2) is 5.25. The summed E-state index contributed by atoms with van der Waals surface area (Å²) in [6.45, 7) is 2.53. The van der Waals surface area contributed by atoms with Crippen molar-refractivity contribution in [2.45, 2.75) is 25.9 Å². The molecule has 1 aliphatic rings. The van der Waals surface area contributed by atoms with Crippen LogP contribution in [-0.2, 0) is 17.7 Å². The molecule has 0 spiro atoms. The fourth-order valence-corrected chi connectivity index (χ4v) is 2.73. The van der Waals surface area contributed by atoms with Crippen molar-refractivity contribution in [1.82, 2.24) is 0 Å². The van der Waals surface area contributed by atoms with Gasteiger partial charge in [0, 0.05) is 16.5 Å². The van der Waals surface area contributed by atoms with Crippen molar-refractivity contribution in [3.05, 3.63) is 21.7 Å². The van der Waals surface area contributed by atoms with E-state index < -0.39 is 0 Å². The Morgan fingerprint density at radius 3 is 3.00 bits per heavy atom. The van der Waals surface area contributed by atoms with E-state index in [0.717, 1.165) is 34.4 Å². The fourth-order valence-electron chi connectivity index (χ4n) is 2.07. The molecule has 1 unspecified atom stereocenters. The van der Waals surface area contributed by atoms with E-state index in [0.29, 0.717) is 6.61 Å². The van der Waals surface area contributed by atoms with E-state index in [2.05, 4.69) is 27.7 Å². The zero-order valence-corrected chi connectivity index (χ0v) is 11.5. The second-order valence-corrected chi connectivity index (χ2v) is 4.91. The second-order valence-electron chi connectivity index (χ2n) is 4.11. The van der Waals surface area contributed by atoms with Crippen LogP contribution in [-0.4, -0.2) is 19.8 Å². The highest BCUT2D eigenvalue weighted by Gasteiger charge is 2.27. The van der Waals surface area contributed by atoms with Crippen LogP contribution in [0.25, 0.3) is 0 Å². The van der Waals surface area contributed by atoms with Crippen LogP contribution in [0.5, 0.6) is 11.5 Å². The minimum Gasteiger partial charge on any atom is -0.493 e. The standard InChI is InChI=1S/C12H16BrNO3/c1-7-5-9-11(13)8(3-4-16-14)6-10(15-2)12(9)17-7/h6-7H,3-5,14H2,1-2H3. The van der Waals surface area contributed by atoms with E-state index in [-0.39, 0.29) is 6.10 Å². The first kappa shape index (κ1) is 12.7. The summed E-state index contributed by atoms with van der Waals surface area (Å²) in [7, 11) is 1.65. The number of benzene rings is 1. The maximum Gasteiger partial charge on any atom is 0.166 e. The Morgan fingerprint density at radius 2 is 2.35 bits per heavy atom. The van der Waals surface area contributed by atoms with Gasteiger partial charge in [0.2, 0.25) is 0 Å². The molecule has 0 saturated heterocycles. The van der Waals surface area contributed by atoms with Gasteiger partial charge in [0.15, 0.2) is 11.5 Å². The van der Waals surface area contributed by atoms with Gasteiger partial charge in [0.05, 0.1) is 13.7 Å². The molecule has 1 atom stereocenters. The molecule has 94 valence electrons. The summed E-state index contributed by atoms with van der Waals surface area (Å²) in [5.41, 5.74) is 2.30. The summed E-state index contributed by atoms with van der Waals surface area (Å²) in [5, 5.41) is 0. The van der Waals surface area contributed by atoms with Crippen LogP contribution in [0.4, 0.5) is 0 Å². The van der Waals surface area contributed by atoms with Crippen LogP contribution in [0, 0.1) is 0 Å². The highest BCUT2D eigenvalue weighted by atomic mass is 79.9. The van der Waals surface area contributed by atoms with Crippen molar-refractivity contribution < 1.29 is 14.3 Å². The molecule has 0 saturated carbocycles. The molecule has 1 aromatic rings. The molecule has 0 radical (unpaired) electrons. The van der Waals surface area contributed by atoms with Gasteiger partial charge >= 0.3 is 0 Å². The number of fused-ring (bicyclic) bond motifs is 1. The van der Waals surface area contributed by atoms with Crippen molar-refractivity contribution in [3.8, 4) is 11.5 Å². The Balaban J connectivity index is 2.40. The molecule has 2 rings (SSSR count). The summed E-state index contributed by atoms with van der Waals surface area (Å²) >= 11 is 3.62. The predicted molar refractivity (Wildman–Crippen MR) is 68.3 cm³/mol. The first-order valence-corrected chi connectivity index (χ1v) is 6.33. The number of hydrogen-bond acceptors (Lipinski definition) is 4. The molecule has 1 heterocycles. The topological polar surface area (TPSA) is 53.7 Å². The lowest BCUT2D eigenvalue weighted by Gasteiger charge is -2.12.